The highest BCUT2D eigenvalue weighted by molar-refractivity contribution is 6.27. The Morgan fingerprint density at radius 1 is 0.978 bits per heavy atom. The Morgan fingerprint density at radius 3 is 2.60 bits per heavy atom. The molecule has 8 rings (SSSR count). The molecule has 0 unspecified atom stereocenters. The third-order valence-corrected chi connectivity index (χ3v) is 10.2. The molecule has 4 aromatic rings. The smallest absolute Gasteiger partial charge is 0.264 e. The summed E-state index contributed by atoms with van der Waals surface area (Å²) in [6, 6.07) is 27.2. The first-order chi connectivity index (χ1) is 21.9. The second-order valence-electron chi connectivity index (χ2n) is 12.8. The summed E-state index contributed by atoms with van der Waals surface area (Å²) in [5.41, 5.74) is 3.67. The van der Waals surface area contributed by atoms with E-state index in [1.54, 1.807) is 14.7 Å². The minimum absolute atomic E-state index is 0.0255. The van der Waals surface area contributed by atoms with Crippen LogP contribution in [-0.4, -0.2) is 53.0 Å². The number of benzene rings is 4. The van der Waals surface area contributed by atoms with Gasteiger partial charge in [-0.05, 0) is 60.5 Å². The van der Waals surface area contributed by atoms with Crippen LogP contribution in [0.2, 0.25) is 0 Å². The number of anilines is 3. The second kappa shape index (κ2) is 10.5. The maximum Gasteiger partial charge on any atom is 0.264 e. The molecule has 4 aliphatic rings. The van der Waals surface area contributed by atoms with Gasteiger partial charge in [0.2, 0.25) is 5.91 Å². The summed E-state index contributed by atoms with van der Waals surface area (Å²) in [6.07, 6.45) is 2.09. The number of ether oxygens (including phenoxy) is 1. The van der Waals surface area contributed by atoms with Crippen LogP contribution in [0.4, 0.5) is 17.1 Å². The second-order valence-corrected chi connectivity index (χ2v) is 12.8. The van der Waals surface area contributed by atoms with Gasteiger partial charge in [-0.25, -0.2) is 0 Å². The molecule has 4 atom stereocenters. The van der Waals surface area contributed by atoms with Crippen LogP contribution in [0.15, 0.2) is 84.9 Å². The predicted molar refractivity (Wildman–Crippen MR) is 171 cm³/mol. The number of hydrogen-bond donors (Lipinski definition) is 1. The average Bonchev–Trinajstić information content (AvgIpc) is 3.79. The first kappa shape index (κ1) is 28.0. The van der Waals surface area contributed by atoms with E-state index in [-0.39, 0.29) is 42.7 Å². The van der Waals surface area contributed by atoms with E-state index in [1.165, 1.54) is 0 Å². The Bertz CT molecular complexity index is 1870. The number of carbonyl (C=O) groups excluding carboxylic acids is 3. The normalized spacial score (nSPS) is 25.3. The maximum atomic E-state index is 14.5. The molecule has 0 radical (unpaired) electrons. The highest BCUT2D eigenvalue weighted by atomic mass is 16.5. The van der Waals surface area contributed by atoms with Crippen molar-refractivity contribution < 1.29 is 24.2 Å². The van der Waals surface area contributed by atoms with Gasteiger partial charge in [0.1, 0.15) is 0 Å². The zero-order chi connectivity index (χ0) is 30.9. The van der Waals surface area contributed by atoms with E-state index in [0.717, 1.165) is 51.8 Å². The number of aliphatic hydroxyl groups is 1. The summed E-state index contributed by atoms with van der Waals surface area (Å²) in [7, 11) is 0. The van der Waals surface area contributed by atoms with Crippen molar-refractivity contribution in [2.75, 3.05) is 23.0 Å². The lowest BCUT2D eigenvalue weighted by Gasteiger charge is -2.29. The van der Waals surface area contributed by atoms with Gasteiger partial charge in [0, 0.05) is 29.1 Å². The molecule has 4 aromatic carbocycles. The number of carbonyl (C=O) groups is 3. The molecule has 8 nitrogen and oxygen atoms in total. The van der Waals surface area contributed by atoms with E-state index >= 15 is 0 Å². The summed E-state index contributed by atoms with van der Waals surface area (Å²) < 4.78 is 6.66. The monoisotopic (exact) mass is 601 g/mol. The van der Waals surface area contributed by atoms with Gasteiger partial charge < -0.3 is 19.6 Å². The zero-order valence-electron chi connectivity index (χ0n) is 25.2. The summed E-state index contributed by atoms with van der Waals surface area (Å²) in [5, 5.41) is 11.7. The standard InChI is InChI=1S/C37H35N3O5/c1-23-18-28(20-33(42)38-17-7-12-27(38)22-41)45-37(23)30-14-2-3-15-31(30)39(36(37)44)21-24-8-4-11-26(19-24)40-32-16-6-10-25-9-5-13-29(34(25)32)35(40)43/h2-6,8-11,13-16,19,23,27-28,41H,7,12,17-18,20-22H2,1H3/t23-,27+,28-,37+/m1/s1. The lowest BCUT2D eigenvalue weighted by atomic mass is 9.83. The van der Waals surface area contributed by atoms with Crippen molar-refractivity contribution in [1.82, 2.24) is 4.90 Å². The Labute approximate surface area is 261 Å². The fraction of sp³-hybridized carbons (Fsp3) is 0.324. The van der Waals surface area contributed by atoms with Crippen LogP contribution in [0, 0.1) is 5.92 Å². The summed E-state index contributed by atoms with van der Waals surface area (Å²) >= 11 is 0. The Kier molecular flexibility index (Phi) is 6.55. The number of para-hydroxylation sites is 1. The molecule has 0 saturated carbocycles. The van der Waals surface area contributed by atoms with Crippen LogP contribution >= 0.6 is 0 Å². The topological polar surface area (TPSA) is 90.4 Å². The Morgan fingerprint density at radius 2 is 1.76 bits per heavy atom. The minimum atomic E-state index is -1.16. The molecule has 228 valence electrons. The molecule has 4 heterocycles. The summed E-state index contributed by atoms with van der Waals surface area (Å²) in [6.45, 7) is 2.97. The van der Waals surface area contributed by atoms with Gasteiger partial charge in [-0.2, -0.15) is 0 Å². The van der Waals surface area contributed by atoms with Crippen LogP contribution in [-0.2, 0) is 26.5 Å². The largest absolute Gasteiger partial charge is 0.394 e. The third kappa shape index (κ3) is 4.16. The van der Waals surface area contributed by atoms with Gasteiger partial charge in [-0.15, -0.1) is 0 Å². The quantitative estimate of drug-likeness (QED) is 0.308. The average molecular weight is 602 g/mol. The number of fused-ring (bicyclic) bond motifs is 2. The highest BCUT2D eigenvalue weighted by Crippen LogP contribution is 2.54. The number of aliphatic hydroxyl groups excluding tert-OH is 1. The SMILES string of the molecule is C[C@@H]1C[C@H](CC(=O)N2CCC[C@H]2CO)O[C@@]12C(=O)N(Cc1cccc(N3C(=O)c4cccc5cccc3c45)c1)c1ccccc12. The van der Waals surface area contributed by atoms with Gasteiger partial charge in [0.15, 0.2) is 5.60 Å². The molecule has 2 fully saturated rings. The van der Waals surface area contributed by atoms with E-state index in [1.807, 2.05) is 91.9 Å². The first-order valence-corrected chi connectivity index (χ1v) is 15.9. The third-order valence-electron chi connectivity index (χ3n) is 10.2. The highest BCUT2D eigenvalue weighted by Gasteiger charge is 2.60. The molecule has 1 N–H and O–H groups in total. The van der Waals surface area contributed by atoms with Crippen LogP contribution in [0.25, 0.3) is 10.8 Å². The van der Waals surface area contributed by atoms with Crippen LogP contribution in [0.3, 0.4) is 0 Å². The molecular weight excluding hydrogens is 566 g/mol. The lowest BCUT2D eigenvalue weighted by molar-refractivity contribution is -0.150. The van der Waals surface area contributed by atoms with Crippen LogP contribution in [0.5, 0.6) is 0 Å². The Balaban J connectivity index is 1.07. The Hall–Kier alpha value is -4.53. The van der Waals surface area contributed by atoms with Crippen molar-refractivity contribution in [3.63, 3.8) is 0 Å². The molecule has 2 saturated heterocycles. The van der Waals surface area contributed by atoms with E-state index in [9.17, 15) is 19.5 Å². The predicted octanol–water partition coefficient (Wildman–Crippen LogP) is 5.67. The summed E-state index contributed by atoms with van der Waals surface area (Å²) in [4.78, 5) is 46.6. The molecular formula is C37H35N3O5. The van der Waals surface area contributed by atoms with Crippen molar-refractivity contribution in [3.05, 3.63) is 102 Å². The van der Waals surface area contributed by atoms with Crippen molar-refractivity contribution >= 4 is 45.6 Å². The molecule has 0 bridgehead atoms. The number of rotatable bonds is 6. The van der Waals surface area contributed by atoms with Crippen molar-refractivity contribution in [2.45, 2.75) is 56.9 Å². The van der Waals surface area contributed by atoms with Gasteiger partial charge in [0.05, 0.1) is 48.7 Å². The molecule has 3 amide bonds. The van der Waals surface area contributed by atoms with E-state index in [0.29, 0.717) is 25.1 Å². The molecule has 4 aliphatic heterocycles. The lowest BCUT2D eigenvalue weighted by Crippen LogP contribution is -2.44. The molecule has 8 heteroatoms. The number of hydrogen-bond acceptors (Lipinski definition) is 5. The minimum Gasteiger partial charge on any atom is -0.394 e. The van der Waals surface area contributed by atoms with E-state index in [2.05, 4.69) is 0 Å². The van der Waals surface area contributed by atoms with E-state index in [4.69, 9.17) is 4.74 Å². The van der Waals surface area contributed by atoms with Gasteiger partial charge >= 0.3 is 0 Å². The van der Waals surface area contributed by atoms with Crippen LogP contribution in [0.1, 0.15) is 54.1 Å². The van der Waals surface area contributed by atoms with Crippen molar-refractivity contribution in [1.29, 1.82) is 0 Å². The number of likely N-dealkylation sites (tertiary alicyclic amines) is 1. The fourth-order valence-corrected chi connectivity index (χ4v) is 8.12. The van der Waals surface area contributed by atoms with Crippen molar-refractivity contribution in [2.24, 2.45) is 5.92 Å². The molecule has 0 aromatic heterocycles. The molecule has 1 spiro atoms. The summed E-state index contributed by atoms with van der Waals surface area (Å²) in [5.74, 6) is -0.342. The zero-order valence-corrected chi connectivity index (χ0v) is 25.2. The van der Waals surface area contributed by atoms with Gasteiger partial charge in [0.25, 0.3) is 11.8 Å². The van der Waals surface area contributed by atoms with Crippen molar-refractivity contribution in [3.8, 4) is 0 Å². The van der Waals surface area contributed by atoms with E-state index < -0.39 is 11.7 Å². The fourth-order valence-electron chi connectivity index (χ4n) is 8.12. The number of amides is 3. The maximum absolute atomic E-state index is 14.5. The van der Waals surface area contributed by atoms with Gasteiger partial charge in [-0.3, -0.25) is 19.3 Å². The van der Waals surface area contributed by atoms with Crippen LogP contribution < -0.4 is 9.80 Å². The molecule has 45 heavy (non-hydrogen) atoms. The van der Waals surface area contributed by atoms with Gasteiger partial charge in [-0.1, -0.05) is 61.5 Å². The number of nitrogens with zero attached hydrogens (tertiary/aromatic N) is 3. The molecule has 0 aliphatic carbocycles. The first-order valence-electron chi connectivity index (χ1n) is 15.9.